The van der Waals surface area contributed by atoms with Crippen LogP contribution in [0.1, 0.15) is 0 Å². The Labute approximate surface area is 83.0 Å². The van der Waals surface area contributed by atoms with Crippen LogP contribution in [0.15, 0.2) is 0 Å². The van der Waals surface area contributed by atoms with E-state index in [1.807, 2.05) is 23.9 Å². The molecular weight excluding hydrogens is 279 g/mol. The van der Waals surface area contributed by atoms with Gasteiger partial charge in [0.05, 0.1) is 0 Å². The smallest absolute Gasteiger partial charge is 0.138 e. The lowest BCUT2D eigenvalue weighted by molar-refractivity contribution is 0.0370. The van der Waals surface area contributed by atoms with E-state index in [4.69, 9.17) is 0 Å². The standard InChI is InChI=1S/C6H11Br2FN2/c1-10-3-4(9)5(7)11(2)6(10)8/h4-6H,3H2,1-2H3. The van der Waals surface area contributed by atoms with Crippen molar-refractivity contribution in [3.05, 3.63) is 0 Å². The molecule has 3 atom stereocenters. The summed E-state index contributed by atoms with van der Waals surface area (Å²) in [6.07, 6.45) is -0.821. The van der Waals surface area contributed by atoms with Crippen LogP contribution in [0.3, 0.4) is 0 Å². The summed E-state index contributed by atoms with van der Waals surface area (Å²) in [4.78, 5) is 3.64. The van der Waals surface area contributed by atoms with Crippen molar-refractivity contribution in [2.45, 2.75) is 16.2 Å². The van der Waals surface area contributed by atoms with E-state index in [0.29, 0.717) is 6.54 Å². The Balaban J connectivity index is 2.63. The second kappa shape index (κ2) is 3.68. The number of hydrogen-bond acceptors (Lipinski definition) is 2. The minimum Gasteiger partial charge on any atom is -0.279 e. The van der Waals surface area contributed by atoms with Gasteiger partial charge >= 0.3 is 0 Å². The fourth-order valence-electron chi connectivity index (χ4n) is 1.13. The number of nitrogens with zero attached hydrogens (tertiary/aromatic N) is 2. The van der Waals surface area contributed by atoms with Crippen LogP contribution in [0, 0.1) is 0 Å². The van der Waals surface area contributed by atoms with Gasteiger partial charge < -0.3 is 0 Å². The number of alkyl halides is 3. The molecule has 3 unspecified atom stereocenters. The molecule has 66 valence electrons. The molecule has 5 heteroatoms. The zero-order valence-corrected chi connectivity index (χ0v) is 9.64. The highest BCUT2D eigenvalue weighted by atomic mass is 79.9. The van der Waals surface area contributed by atoms with Crippen LogP contribution in [0.25, 0.3) is 0 Å². The fourth-order valence-corrected chi connectivity index (χ4v) is 2.26. The van der Waals surface area contributed by atoms with E-state index in [2.05, 4.69) is 31.9 Å². The summed E-state index contributed by atoms with van der Waals surface area (Å²) in [6, 6.07) is 0. The maximum atomic E-state index is 13.1. The fraction of sp³-hybridized carbons (Fsp3) is 1.00. The van der Waals surface area contributed by atoms with Gasteiger partial charge in [-0.05, 0) is 14.1 Å². The Hall–Kier alpha value is 0.810. The Bertz CT molecular complexity index is 133. The van der Waals surface area contributed by atoms with Gasteiger partial charge in [-0.25, -0.2) is 4.39 Å². The molecule has 2 nitrogen and oxygen atoms in total. The monoisotopic (exact) mass is 288 g/mol. The van der Waals surface area contributed by atoms with Crippen LogP contribution in [-0.2, 0) is 0 Å². The van der Waals surface area contributed by atoms with Gasteiger partial charge in [-0.2, -0.15) is 0 Å². The number of halogens is 3. The van der Waals surface area contributed by atoms with Crippen molar-refractivity contribution in [3.8, 4) is 0 Å². The molecule has 0 amide bonds. The minimum atomic E-state index is -0.821. The van der Waals surface area contributed by atoms with Crippen LogP contribution in [0.2, 0.25) is 0 Å². The normalized spacial score (nSPS) is 42.8. The molecule has 0 N–H and O–H groups in total. The molecule has 1 rings (SSSR count). The highest BCUT2D eigenvalue weighted by molar-refractivity contribution is 9.10. The third kappa shape index (κ3) is 1.94. The molecule has 0 radical (unpaired) electrons. The first-order valence-corrected chi connectivity index (χ1v) is 5.21. The SMILES string of the molecule is CN1CC(F)C(Br)N(C)C1Br. The quantitative estimate of drug-likeness (QED) is 0.494. The van der Waals surface area contributed by atoms with E-state index < -0.39 is 6.17 Å². The van der Waals surface area contributed by atoms with Gasteiger partial charge in [0.2, 0.25) is 0 Å². The van der Waals surface area contributed by atoms with E-state index >= 15 is 0 Å². The summed E-state index contributed by atoms with van der Waals surface area (Å²) in [6.45, 7) is 0.468. The number of rotatable bonds is 0. The molecule has 1 aliphatic heterocycles. The van der Waals surface area contributed by atoms with E-state index in [1.165, 1.54) is 0 Å². The average Bonchev–Trinajstić information content (AvgIpc) is 1.97. The Morgan fingerprint density at radius 2 is 1.91 bits per heavy atom. The van der Waals surface area contributed by atoms with Crippen molar-refractivity contribution in [1.29, 1.82) is 0 Å². The van der Waals surface area contributed by atoms with Gasteiger partial charge in [0, 0.05) is 6.54 Å². The van der Waals surface area contributed by atoms with Crippen LogP contribution in [-0.4, -0.2) is 46.6 Å². The molecule has 1 heterocycles. The molecule has 0 aliphatic carbocycles. The van der Waals surface area contributed by atoms with Crippen LogP contribution in [0.4, 0.5) is 4.39 Å². The van der Waals surface area contributed by atoms with Crippen LogP contribution >= 0.6 is 31.9 Å². The highest BCUT2D eigenvalue weighted by Gasteiger charge is 2.35. The lowest BCUT2D eigenvalue weighted by Crippen LogP contribution is -2.55. The average molecular weight is 290 g/mol. The molecule has 0 bridgehead atoms. The van der Waals surface area contributed by atoms with E-state index in [1.54, 1.807) is 0 Å². The largest absolute Gasteiger partial charge is 0.279 e. The predicted octanol–water partition coefficient (Wildman–Crippen LogP) is 1.60. The topological polar surface area (TPSA) is 6.48 Å². The van der Waals surface area contributed by atoms with Crippen molar-refractivity contribution in [3.63, 3.8) is 0 Å². The van der Waals surface area contributed by atoms with Gasteiger partial charge in [-0.3, -0.25) is 9.80 Å². The predicted molar refractivity (Wildman–Crippen MR) is 50.7 cm³/mol. The summed E-state index contributed by atoms with van der Waals surface area (Å²) >= 11 is 6.72. The second-order valence-corrected chi connectivity index (χ2v) is 4.56. The third-order valence-corrected chi connectivity index (χ3v) is 4.41. The molecule has 0 aromatic carbocycles. The summed E-state index contributed by atoms with van der Waals surface area (Å²) in [5.41, 5.74) is 0. The van der Waals surface area contributed by atoms with Crippen molar-refractivity contribution >= 4 is 31.9 Å². The Morgan fingerprint density at radius 1 is 1.36 bits per heavy atom. The second-order valence-electron chi connectivity index (χ2n) is 2.80. The van der Waals surface area contributed by atoms with Gasteiger partial charge in [-0.15, -0.1) is 0 Å². The third-order valence-electron chi connectivity index (χ3n) is 1.85. The first-order valence-electron chi connectivity index (χ1n) is 3.38. The van der Waals surface area contributed by atoms with Crippen molar-refractivity contribution in [2.75, 3.05) is 20.6 Å². The molecule has 1 saturated heterocycles. The van der Waals surface area contributed by atoms with Gasteiger partial charge in [-0.1, -0.05) is 31.9 Å². The first-order chi connectivity index (χ1) is 5.04. The van der Waals surface area contributed by atoms with Crippen molar-refractivity contribution < 1.29 is 4.39 Å². The molecule has 0 aromatic heterocycles. The zero-order chi connectivity index (χ0) is 8.59. The van der Waals surface area contributed by atoms with E-state index in [0.717, 1.165) is 0 Å². The first kappa shape index (κ1) is 9.89. The lowest BCUT2D eigenvalue weighted by Gasteiger charge is -2.41. The molecule has 1 fully saturated rings. The lowest BCUT2D eigenvalue weighted by atomic mass is 10.3. The van der Waals surface area contributed by atoms with Crippen LogP contribution in [0.5, 0.6) is 0 Å². The van der Waals surface area contributed by atoms with E-state index in [9.17, 15) is 4.39 Å². The Kier molecular flexibility index (Phi) is 3.31. The Morgan fingerprint density at radius 3 is 2.45 bits per heavy atom. The van der Waals surface area contributed by atoms with Gasteiger partial charge in [0.1, 0.15) is 16.2 Å². The maximum Gasteiger partial charge on any atom is 0.138 e. The maximum absolute atomic E-state index is 13.1. The molecule has 1 aliphatic rings. The van der Waals surface area contributed by atoms with Gasteiger partial charge in [0.25, 0.3) is 0 Å². The molecule has 11 heavy (non-hydrogen) atoms. The highest BCUT2D eigenvalue weighted by Crippen LogP contribution is 2.26. The summed E-state index contributed by atoms with van der Waals surface area (Å²) in [5.74, 6) is 0. The summed E-state index contributed by atoms with van der Waals surface area (Å²) in [5, 5.41) is 0.124. The molecular formula is C6H11Br2FN2. The minimum absolute atomic E-state index is 0.124. The molecule has 0 aromatic rings. The molecule has 0 spiro atoms. The van der Waals surface area contributed by atoms with E-state index in [-0.39, 0.29) is 10.0 Å². The van der Waals surface area contributed by atoms with Crippen molar-refractivity contribution in [1.82, 2.24) is 9.80 Å². The summed E-state index contributed by atoms with van der Waals surface area (Å²) in [7, 11) is 3.77. The van der Waals surface area contributed by atoms with Gasteiger partial charge in [0.15, 0.2) is 0 Å². The van der Waals surface area contributed by atoms with Crippen LogP contribution < -0.4 is 0 Å². The molecule has 0 saturated carbocycles. The zero-order valence-electron chi connectivity index (χ0n) is 6.47. The van der Waals surface area contributed by atoms with Crippen molar-refractivity contribution in [2.24, 2.45) is 0 Å². The summed E-state index contributed by atoms with van der Waals surface area (Å²) < 4.78 is 13.1. The number of hydrogen-bond donors (Lipinski definition) is 0.